The van der Waals surface area contributed by atoms with E-state index in [2.05, 4.69) is 16.0 Å². The molecule has 2 rings (SSSR count). The van der Waals surface area contributed by atoms with E-state index >= 15 is 0 Å². The van der Waals surface area contributed by atoms with Gasteiger partial charge in [0.2, 0.25) is 17.7 Å². The minimum absolute atomic E-state index is 0. The smallest absolute Gasteiger partial charge is 0.239 e. The standard InChI is InChI=1S/C19H28N4O3.ClH/c1-12(2)17(20)19(26)22-11-16(24)21-10-13-5-3-8-15(9-13)23-18(25)14-6-4-7-14;/h3,5,8-9,12,14,17H,4,6-7,10-11,20H2,1-2H3,(H,21,24)(H,22,26)(H,23,25);1H/t17-;/m0./s1. The molecule has 3 amide bonds. The van der Waals surface area contributed by atoms with Crippen molar-refractivity contribution >= 4 is 35.8 Å². The molecule has 1 aliphatic rings. The Morgan fingerprint density at radius 1 is 1.19 bits per heavy atom. The fraction of sp³-hybridized carbons (Fsp3) is 0.526. The van der Waals surface area contributed by atoms with Crippen LogP contribution in [0.1, 0.15) is 38.7 Å². The van der Waals surface area contributed by atoms with E-state index in [0.29, 0.717) is 6.54 Å². The van der Waals surface area contributed by atoms with Crippen molar-refractivity contribution in [1.29, 1.82) is 0 Å². The molecule has 0 heterocycles. The Morgan fingerprint density at radius 2 is 1.89 bits per heavy atom. The van der Waals surface area contributed by atoms with E-state index < -0.39 is 6.04 Å². The largest absolute Gasteiger partial charge is 0.350 e. The maximum absolute atomic E-state index is 12.0. The summed E-state index contributed by atoms with van der Waals surface area (Å²) in [5.74, 6) is -0.439. The molecule has 0 bridgehead atoms. The first-order valence-corrected chi connectivity index (χ1v) is 9.06. The molecule has 0 aliphatic heterocycles. The van der Waals surface area contributed by atoms with Crippen LogP contribution in [0.15, 0.2) is 24.3 Å². The summed E-state index contributed by atoms with van der Waals surface area (Å²) in [6, 6.07) is 6.74. The number of nitrogens with one attached hydrogen (secondary N) is 3. The Morgan fingerprint density at radius 3 is 2.48 bits per heavy atom. The van der Waals surface area contributed by atoms with Crippen molar-refractivity contribution < 1.29 is 14.4 Å². The quantitative estimate of drug-likeness (QED) is 0.534. The molecule has 0 aromatic heterocycles. The number of hydrogen-bond acceptors (Lipinski definition) is 4. The van der Waals surface area contributed by atoms with Crippen LogP contribution in [0.5, 0.6) is 0 Å². The fourth-order valence-corrected chi connectivity index (χ4v) is 2.52. The summed E-state index contributed by atoms with van der Waals surface area (Å²) in [7, 11) is 0. The Kier molecular flexibility index (Phi) is 9.25. The van der Waals surface area contributed by atoms with Crippen LogP contribution in [0, 0.1) is 11.8 Å². The highest BCUT2D eigenvalue weighted by atomic mass is 35.5. The molecule has 1 fully saturated rings. The van der Waals surface area contributed by atoms with Gasteiger partial charge in [-0.3, -0.25) is 14.4 Å². The topological polar surface area (TPSA) is 113 Å². The zero-order valence-corrected chi connectivity index (χ0v) is 16.6. The fourth-order valence-electron chi connectivity index (χ4n) is 2.52. The zero-order valence-electron chi connectivity index (χ0n) is 15.8. The Balaban J connectivity index is 0.00000364. The van der Waals surface area contributed by atoms with Gasteiger partial charge < -0.3 is 21.7 Å². The molecule has 150 valence electrons. The molecule has 0 radical (unpaired) electrons. The highest BCUT2D eigenvalue weighted by Gasteiger charge is 2.25. The van der Waals surface area contributed by atoms with E-state index in [0.717, 1.165) is 30.5 Å². The van der Waals surface area contributed by atoms with Crippen molar-refractivity contribution in [2.75, 3.05) is 11.9 Å². The first kappa shape index (κ1) is 22.9. The lowest BCUT2D eigenvalue weighted by Crippen LogP contribution is -2.47. The molecule has 1 saturated carbocycles. The SMILES string of the molecule is CC(C)[C@H](N)C(=O)NCC(=O)NCc1cccc(NC(=O)C2CCC2)c1.Cl. The number of amides is 3. The average molecular weight is 397 g/mol. The molecule has 5 N–H and O–H groups in total. The Labute approximate surface area is 166 Å². The number of benzene rings is 1. The number of rotatable bonds is 8. The maximum Gasteiger partial charge on any atom is 0.239 e. The number of anilines is 1. The average Bonchev–Trinajstić information content (AvgIpc) is 2.55. The summed E-state index contributed by atoms with van der Waals surface area (Å²) in [5.41, 5.74) is 7.32. The Bertz CT molecular complexity index is 662. The molecule has 1 aromatic carbocycles. The molecule has 1 atom stereocenters. The van der Waals surface area contributed by atoms with Crippen molar-refractivity contribution in [3.05, 3.63) is 29.8 Å². The predicted molar refractivity (Wildman–Crippen MR) is 107 cm³/mol. The van der Waals surface area contributed by atoms with Crippen LogP contribution in [0.2, 0.25) is 0 Å². The maximum atomic E-state index is 12.0. The molecule has 7 nitrogen and oxygen atoms in total. The van der Waals surface area contributed by atoms with Crippen LogP contribution in [0.25, 0.3) is 0 Å². The molecule has 0 unspecified atom stereocenters. The van der Waals surface area contributed by atoms with E-state index in [1.165, 1.54) is 0 Å². The van der Waals surface area contributed by atoms with Crippen molar-refractivity contribution in [3.8, 4) is 0 Å². The van der Waals surface area contributed by atoms with Crippen molar-refractivity contribution in [2.24, 2.45) is 17.6 Å². The lowest BCUT2D eigenvalue weighted by Gasteiger charge is -2.24. The summed E-state index contributed by atoms with van der Waals surface area (Å²) in [6.07, 6.45) is 3.02. The third-order valence-corrected chi connectivity index (χ3v) is 4.60. The molecule has 0 spiro atoms. The number of carbonyl (C=O) groups excluding carboxylic acids is 3. The second-order valence-corrected chi connectivity index (χ2v) is 7.08. The normalized spacial score (nSPS) is 14.5. The number of carbonyl (C=O) groups is 3. The van der Waals surface area contributed by atoms with Gasteiger partial charge in [0.1, 0.15) is 0 Å². The van der Waals surface area contributed by atoms with Crippen LogP contribution >= 0.6 is 12.4 Å². The monoisotopic (exact) mass is 396 g/mol. The molecule has 1 aliphatic carbocycles. The lowest BCUT2D eigenvalue weighted by molar-refractivity contribution is -0.127. The van der Waals surface area contributed by atoms with Crippen LogP contribution < -0.4 is 21.7 Å². The summed E-state index contributed by atoms with van der Waals surface area (Å²) < 4.78 is 0. The van der Waals surface area contributed by atoms with Gasteiger partial charge in [-0.25, -0.2) is 0 Å². The number of hydrogen-bond donors (Lipinski definition) is 4. The minimum atomic E-state index is -0.626. The summed E-state index contributed by atoms with van der Waals surface area (Å²) in [4.78, 5) is 35.6. The van der Waals surface area contributed by atoms with E-state index in [9.17, 15) is 14.4 Å². The molecule has 0 saturated heterocycles. The van der Waals surface area contributed by atoms with E-state index in [-0.39, 0.29) is 48.5 Å². The third-order valence-electron chi connectivity index (χ3n) is 4.60. The molecular weight excluding hydrogens is 368 g/mol. The predicted octanol–water partition coefficient (Wildman–Crippen LogP) is 1.56. The Hall–Kier alpha value is -2.12. The lowest BCUT2D eigenvalue weighted by atomic mass is 9.85. The van der Waals surface area contributed by atoms with Gasteiger partial charge in [0.05, 0.1) is 12.6 Å². The molecule has 27 heavy (non-hydrogen) atoms. The molecule has 1 aromatic rings. The van der Waals surface area contributed by atoms with Crippen LogP contribution in [-0.2, 0) is 20.9 Å². The minimum Gasteiger partial charge on any atom is -0.350 e. The van der Waals surface area contributed by atoms with Gasteiger partial charge in [0.25, 0.3) is 0 Å². The van der Waals surface area contributed by atoms with Gasteiger partial charge in [-0.05, 0) is 36.5 Å². The van der Waals surface area contributed by atoms with Crippen molar-refractivity contribution in [1.82, 2.24) is 10.6 Å². The third kappa shape index (κ3) is 7.19. The highest BCUT2D eigenvalue weighted by molar-refractivity contribution is 5.93. The molecular formula is C19H29ClN4O3. The van der Waals surface area contributed by atoms with E-state index in [1.54, 1.807) is 0 Å². The van der Waals surface area contributed by atoms with Gasteiger partial charge in [-0.2, -0.15) is 0 Å². The van der Waals surface area contributed by atoms with Gasteiger partial charge in [0.15, 0.2) is 0 Å². The van der Waals surface area contributed by atoms with Gasteiger partial charge >= 0.3 is 0 Å². The number of nitrogens with two attached hydrogens (primary N) is 1. The molecule has 8 heteroatoms. The van der Waals surface area contributed by atoms with Crippen LogP contribution in [0.3, 0.4) is 0 Å². The van der Waals surface area contributed by atoms with Crippen molar-refractivity contribution in [2.45, 2.75) is 45.7 Å². The zero-order chi connectivity index (χ0) is 19.1. The van der Waals surface area contributed by atoms with Gasteiger partial charge in [-0.1, -0.05) is 32.4 Å². The second-order valence-electron chi connectivity index (χ2n) is 7.08. The highest BCUT2D eigenvalue weighted by Crippen LogP contribution is 2.27. The van der Waals surface area contributed by atoms with Crippen molar-refractivity contribution in [3.63, 3.8) is 0 Å². The van der Waals surface area contributed by atoms with E-state index in [4.69, 9.17) is 5.73 Å². The van der Waals surface area contributed by atoms with Crippen LogP contribution in [0.4, 0.5) is 5.69 Å². The summed E-state index contributed by atoms with van der Waals surface area (Å²) >= 11 is 0. The summed E-state index contributed by atoms with van der Waals surface area (Å²) in [5, 5.41) is 8.18. The first-order chi connectivity index (χ1) is 12.4. The second kappa shape index (κ2) is 10.9. The first-order valence-electron chi connectivity index (χ1n) is 9.06. The van der Waals surface area contributed by atoms with Gasteiger partial charge in [-0.15, -0.1) is 12.4 Å². The summed E-state index contributed by atoms with van der Waals surface area (Å²) in [6.45, 7) is 3.90. The van der Waals surface area contributed by atoms with E-state index in [1.807, 2.05) is 38.1 Å². The van der Waals surface area contributed by atoms with Gasteiger partial charge in [0, 0.05) is 18.2 Å². The van der Waals surface area contributed by atoms with Crippen LogP contribution in [-0.4, -0.2) is 30.3 Å². The number of halogens is 1.